The minimum absolute atomic E-state index is 0.0309. The van der Waals surface area contributed by atoms with Gasteiger partial charge in [-0.15, -0.1) is 0 Å². The number of rotatable bonds is 3. The molecule has 0 saturated heterocycles. The first-order valence-electron chi connectivity index (χ1n) is 9.18. The highest BCUT2D eigenvalue weighted by molar-refractivity contribution is 6.05. The zero-order chi connectivity index (χ0) is 20.6. The number of amides is 1. The van der Waals surface area contributed by atoms with Gasteiger partial charge in [0.1, 0.15) is 23.2 Å². The van der Waals surface area contributed by atoms with E-state index in [-0.39, 0.29) is 23.2 Å². The summed E-state index contributed by atoms with van der Waals surface area (Å²) in [6.07, 6.45) is 4.25. The number of anilines is 1. The van der Waals surface area contributed by atoms with Crippen LogP contribution in [0.15, 0.2) is 64.0 Å². The first-order chi connectivity index (χ1) is 13.8. The molecule has 0 aliphatic carbocycles. The van der Waals surface area contributed by atoms with Crippen LogP contribution >= 0.6 is 0 Å². The van der Waals surface area contributed by atoms with Gasteiger partial charge in [0.25, 0.3) is 0 Å². The first kappa shape index (κ1) is 18.7. The first-order valence-corrected chi connectivity index (χ1v) is 9.18. The number of hydrogen-bond acceptors (Lipinski definition) is 5. The number of ether oxygens (including phenoxy) is 1. The van der Waals surface area contributed by atoms with Gasteiger partial charge < -0.3 is 14.5 Å². The predicted octanol–water partition coefficient (Wildman–Crippen LogP) is 4.19. The van der Waals surface area contributed by atoms with Gasteiger partial charge in [-0.1, -0.05) is 12.1 Å². The molecule has 6 heteroatoms. The number of carbonyl (C=O) groups excluding carboxylic acids is 2. The van der Waals surface area contributed by atoms with Gasteiger partial charge in [-0.25, -0.2) is 0 Å². The Hall–Kier alpha value is -3.67. The van der Waals surface area contributed by atoms with Crippen molar-refractivity contribution in [2.24, 2.45) is 0 Å². The van der Waals surface area contributed by atoms with Crippen molar-refractivity contribution in [3.8, 4) is 5.75 Å². The molecule has 0 unspecified atom stereocenters. The van der Waals surface area contributed by atoms with Crippen LogP contribution in [0.1, 0.15) is 36.2 Å². The largest absolute Gasteiger partial charge is 0.487 e. The van der Waals surface area contributed by atoms with Crippen LogP contribution in [-0.2, 0) is 4.79 Å². The number of ketones is 1. The zero-order valence-electron chi connectivity index (χ0n) is 16.0. The van der Waals surface area contributed by atoms with E-state index in [0.717, 1.165) is 0 Å². The maximum Gasteiger partial charge on any atom is 0.248 e. The highest BCUT2D eigenvalue weighted by Gasteiger charge is 2.32. The molecule has 1 aliphatic heterocycles. The Labute approximate surface area is 166 Å². The van der Waals surface area contributed by atoms with Crippen LogP contribution in [0.25, 0.3) is 17.0 Å². The molecule has 0 saturated carbocycles. The molecule has 1 amide bonds. The molecule has 1 aromatic heterocycles. The summed E-state index contributed by atoms with van der Waals surface area (Å²) >= 11 is 0. The Bertz CT molecular complexity index is 1220. The number of para-hydroxylation sites is 1. The summed E-state index contributed by atoms with van der Waals surface area (Å²) in [6.45, 7) is 3.72. The minimum Gasteiger partial charge on any atom is -0.487 e. The van der Waals surface area contributed by atoms with Gasteiger partial charge >= 0.3 is 0 Å². The molecule has 2 aromatic carbocycles. The van der Waals surface area contributed by atoms with Crippen LogP contribution in [0, 0.1) is 0 Å². The molecule has 2 heterocycles. The molecule has 0 spiro atoms. The molecule has 6 nitrogen and oxygen atoms in total. The SMILES string of the molecule is CC1(C)CC(=O)c2cc(NC(=O)/C=C/c3coc4ccccc4c3=O)ccc2O1. The number of Topliss-reactive ketones (excluding diaryl/α,β-unsaturated/α-hetero) is 1. The van der Waals surface area contributed by atoms with E-state index in [1.165, 1.54) is 18.4 Å². The number of fused-ring (bicyclic) bond motifs is 2. The summed E-state index contributed by atoms with van der Waals surface area (Å²) in [6, 6.07) is 11.9. The Morgan fingerprint density at radius 3 is 2.76 bits per heavy atom. The van der Waals surface area contributed by atoms with Crippen molar-refractivity contribution in [2.45, 2.75) is 25.9 Å². The van der Waals surface area contributed by atoms with E-state index in [0.29, 0.717) is 28.0 Å². The van der Waals surface area contributed by atoms with Crippen molar-refractivity contribution < 1.29 is 18.7 Å². The molecule has 1 N–H and O–H groups in total. The molecule has 0 bridgehead atoms. The molecule has 29 heavy (non-hydrogen) atoms. The zero-order valence-corrected chi connectivity index (χ0v) is 16.0. The molecule has 3 aromatic rings. The average Bonchev–Trinajstić information content (AvgIpc) is 2.67. The van der Waals surface area contributed by atoms with Gasteiger partial charge in [0.15, 0.2) is 11.2 Å². The molecular weight excluding hydrogens is 370 g/mol. The molecule has 0 fully saturated rings. The van der Waals surface area contributed by atoms with Crippen molar-refractivity contribution in [3.05, 3.63) is 76.2 Å². The van der Waals surface area contributed by atoms with Gasteiger partial charge in [-0.05, 0) is 50.3 Å². The van der Waals surface area contributed by atoms with Gasteiger partial charge in [0.05, 0.1) is 22.9 Å². The normalized spacial score (nSPS) is 15.2. The summed E-state index contributed by atoms with van der Waals surface area (Å²) in [5.41, 5.74) is 0.925. The van der Waals surface area contributed by atoms with E-state index in [4.69, 9.17) is 9.15 Å². The highest BCUT2D eigenvalue weighted by Crippen LogP contribution is 2.34. The fourth-order valence-electron chi connectivity index (χ4n) is 3.29. The number of carbonyl (C=O) groups is 2. The molecule has 146 valence electrons. The van der Waals surface area contributed by atoms with E-state index >= 15 is 0 Å². The Morgan fingerprint density at radius 1 is 1.14 bits per heavy atom. The van der Waals surface area contributed by atoms with Crippen LogP contribution in [-0.4, -0.2) is 17.3 Å². The van der Waals surface area contributed by atoms with Crippen molar-refractivity contribution in [1.82, 2.24) is 0 Å². The Balaban J connectivity index is 1.52. The molecule has 0 radical (unpaired) electrons. The van der Waals surface area contributed by atoms with Gasteiger partial charge in [0.2, 0.25) is 5.91 Å². The molecule has 4 rings (SSSR count). The van der Waals surface area contributed by atoms with Gasteiger partial charge in [-0.2, -0.15) is 0 Å². The number of benzene rings is 2. The summed E-state index contributed by atoms with van der Waals surface area (Å²) in [4.78, 5) is 37.1. The number of hydrogen-bond donors (Lipinski definition) is 1. The van der Waals surface area contributed by atoms with Crippen LogP contribution < -0.4 is 15.5 Å². The standard InChI is InChI=1S/C23H19NO5/c1-23(2)12-18(25)17-11-15(8-9-20(17)29-23)24-21(26)10-7-14-13-28-19-6-4-3-5-16(19)22(14)27/h3-11,13H,12H2,1-2H3,(H,24,26)/b10-7+. The third-order valence-electron chi connectivity index (χ3n) is 4.64. The summed E-state index contributed by atoms with van der Waals surface area (Å²) < 4.78 is 11.2. The van der Waals surface area contributed by atoms with E-state index in [2.05, 4.69) is 5.32 Å². The van der Waals surface area contributed by atoms with Crippen LogP contribution in [0.2, 0.25) is 0 Å². The van der Waals surface area contributed by atoms with Crippen molar-refractivity contribution in [2.75, 3.05) is 5.32 Å². The smallest absolute Gasteiger partial charge is 0.248 e. The fraction of sp³-hybridized carbons (Fsp3) is 0.174. The highest BCUT2D eigenvalue weighted by atomic mass is 16.5. The summed E-state index contributed by atoms with van der Waals surface area (Å²) in [5.74, 6) is 0.0484. The molecular formula is C23H19NO5. The van der Waals surface area contributed by atoms with Gasteiger partial charge in [0, 0.05) is 11.8 Å². The molecule has 1 aliphatic rings. The fourth-order valence-corrected chi connectivity index (χ4v) is 3.29. The van der Waals surface area contributed by atoms with Crippen molar-refractivity contribution in [3.63, 3.8) is 0 Å². The van der Waals surface area contributed by atoms with E-state index < -0.39 is 11.5 Å². The lowest BCUT2D eigenvalue weighted by Crippen LogP contribution is -2.35. The van der Waals surface area contributed by atoms with E-state index in [1.807, 2.05) is 13.8 Å². The van der Waals surface area contributed by atoms with Crippen molar-refractivity contribution in [1.29, 1.82) is 0 Å². The second kappa shape index (κ2) is 7.05. The van der Waals surface area contributed by atoms with E-state index in [9.17, 15) is 14.4 Å². The Morgan fingerprint density at radius 2 is 1.93 bits per heavy atom. The third-order valence-corrected chi connectivity index (χ3v) is 4.64. The summed E-state index contributed by atoms with van der Waals surface area (Å²) in [5, 5.41) is 3.14. The second-order valence-corrected chi connectivity index (χ2v) is 7.51. The van der Waals surface area contributed by atoms with Crippen LogP contribution in [0.3, 0.4) is 0 Å². The quantitative estimate of drug-likeness (QED) is 0.679. The molecule has 0 atom stereocenters. The second-order valence-electron chi connectivity index (χ2n) is 7.51. The lowest BCUT2D eigenvalue weighted by Gasteiger charge is -2.31. The van der Waals surface area contributed by atoms with Crippen LogP contribution in [0.4, 0.5) is 5.69 Å². The topological polar surface area (TPSA) is 85.6 Å². The third kappa shape index (κ3) is 3.82. The summed E-state index contributed by atoms with van der Waals surface area (Å²) in [7, 11) is 0. The lowest BCUT2D eigenvalue weighted by molar-refractivity contribution is -0.111. The van der Waals surface area contributed by atoms with E-state index in [1.54, 1.807) is 42.5 Å². The van der Waals surface area contributed by atoms with Gasteiger partial charge in [-0.3, -0.25) is 14.4 Å². The average molecular weight is 389 g/mol. The Kier molecular flexibility index (Phi) is 4.54. The predicted molar refractivity (Wildman–Crippen MR) is 110 cm³/mol. The van der Waals surface area contributed by atoms with Crippen molar-refractivity contribution >= 4 is 34.4 Å². The maximum absolute atomic E-state index is 12.5. The monoisotopic (exact) mass is 389 g/mol. The number of nitrogens with one attached hydrogen (secondary N) is 1. The van der Waals surface area contributed by atoms with Crippen LogP contribution in [0.5, 0.6) is 5.75 Å². The lowest BCUT2D eigenvalue weighted by atomic mass is 9.93. The maximum atomic E-state index is 12.5. The minimum atomic E-state index is -0.543.